The number of hydrogen-bond acceptors (Lipinski definition) is 1. The number of likely N-dealkylation sites (N-methyl/N-ethyl adjacent to an activating group) is 1. The third-order valence-electron chi connectivity index (χ3n) is 5.96. The molecule has 5 unspecified atom stereocenters. The average Bonchev–Trinajstić information content (AvgIpc) is 3.00. The Bertz CT molecular complexity index is 762. The number of aromatic amines is 1. The summed E-state index contributed by atoms with van der Waals surface area (Å²) in [5.74, 6) is 0.652. The van der Waals surface area contributed by atoms with Gasteiger partial charge in [-0.1, -0.05) is 43.4 Å². The zero-order valence-corrected chi connectivity index (χ0v) is 15.5. The quantitative estimate of drug-likeness (QED) is 0.577. The van der Waals surface area contributed by atoms with Gasteiger partial charge in [-0.2, -0.15) is 0 Å². The van der Waals surface area contributed by atoms with E-state index in [0.717, 1.165) is 6.42 Å². The lowest BCUT2D eigenvalue weighted by Gasteiger charge is -2.51. The van der Waals surface area contributed by atoms with Crippen molar-refractivity contribution in [1.29, 1.82) is 0 Å². The van der Waals surface area contributed by atoms with E-state index in [0.29, 0.717) is 11.8 Å². The molecule has 2 aromatic rings. The number of hydrogen-bond donors (Lipinski definition) is 2. The Morgan fingerprint density at radius 2 is 2.12 bits per heavy atom. The van der Waals surface area contributed by atoms with Crippen LogP contribution in [0.1, 0.15) is 31.7 Å². The maximum Gasteiger partial charge on any atom is 0.0456 e. The van der Waals surface area contributed by atoms with E-state index in [9.17, 15) is 0 Å². The predicted octanol–water partition coefficient (Wildman–Crippen LogP) is 5.24. The number of rotatable bonds is 4. The van der Waals surface area contributed by atoms with Crippen LogP contribution in [0.3, 0.4) is 0 Å². The second-order valence-corrected chi connectivity index (χ2v) is 7.83. The Balaban J connectivity index is 2.19. The summed E-state index contributed by atoms with van der Waals surface area (Å²) in [6.07, 6.45) is 5.11. The molecular formula is C21H27ClN2. The Kier molecular flexibility index (Phi) is 4.63. The highest BCUT2D eigenvalue weighted by Crippen LogP contribution is 2.52. The van der Waals surface area contributed by atoms with Crippen molar-refractivity contribution in [1.82, 2.24) is 10.3 Å². The van der Waals surface area contributed by atoms with Gasteiger partial charge in [0.1, 0.15) is 0 Å². The topological polar surface area (TPSA) is 27.8 Å². The van der Waals surface area contributed by atoms with E-state index >= 15 is 0 Å². The molecule has 1 aromatic carbocycles. The number of halogens is 1. The number of allylic oxidation sites excluding steroid dienone is 1. The van der Waals surface area contributed by atoms with Gasteiger partial charge in [0.05, 0.1) is 0 Å². The highest BCUT2D eigenvalue weighted by molar-refractivity contribution is 6.21. The van der Waals surface area contributed by atoms with E-state index in [1.165, 1.54) is 22.0 Å². The summed E-state index contributed by atoms with van der Waals surface area (Å²) in [4.78, 5) is 3.43. The van der Waals surface area contributed by atoms with Gasteiger partial charge in [-0.15, -0.1) is 18.2 Å². The first-order valence-electron chi connectivity index (χ1n) is 8.60. The molecule has 3 heteroatoms. The fraction of sp³-hybridized carbons (Fsp3) is 0.429. The largest absolute Gasteiger partial charge is 0.361 e. The first kappa shape index (κ1) is 17.3. The Morgan fingerprint density at radius 3 is 2.75 bits per heavy atom. The smallest absolute Gasteiger partial charge is 0.0456 e. The molecule has 3 rings (SSSR count). The molecule has 2 nitrogen and oxygen atoms in total. The van der Waals surface area contributed by atoms with Crippen LogP contribution in [0.4, 0.5) is 0 Å². The van der Waals surface area contributed by atoms with Crippen LogP contribution in [0.25, 0.3) is 10.9 Å². The molecule has 1 aliphatic rings. The van der Waals surface area contributed by atoms with Crippen LogP contribution in [0, 0.1) is 11.3 Å². The van der Waals surface area contributed by atoms with Crippen molar-refractivity contribution < 1.29 is 0 Å². The minimum Gasteiger partial charge on any atom is -0.361 e. The minimum absolute atomic E-state index is 0.0376. The summed E-state index contributed by atoms with van der Waals surface area (Å²) < 4.78 is 0. The predicted molar refractivity (Wildman–Crippen MR) is 105 cm³/mol. The second-order valence-electron chi connectivity index (χ2n) is 7.31. The van der Waals surface area contributed by atoms with E-state index in [1.807, 2.05) is 13.1 Å². The maximum absolute atomic E-state index is 6.82. The average molecular weight is 343 g/mol. The summed E-state index contributed by atoms with van der Waals surface area (Å²) >= 11 is 6.82. The van der Waals surface area contributed by atoms with E-state index in [-0.39, 0.29) is 16.8 Å². The van der Waals surface area contributed by atoms with Crippen LogP contribution in [-0.4, -0.2) is 23.5 Å². The summed E-state index contributed by atoms with van der Waals surface area (Å²) in [5, 5.41) is 4.88. The van der Waals surface area contributed by atoms with Crippen molar-refractivity contribution in [2.75, 3.05) is 7.05 Å². The van der Waals surface area contributed by atoms with Gasteiger partial charge in [-0.05, 0) is 37.9 Å². The molecule has 24 heavy (non-hydrogen) atoms. The number of aromatic nitrogens is 1. The molecule has 1 fully saturated rings. The van der Waals surface area contributed by atoms with Gasteiger partial charge in [0, 0.05) is 39.9 Å². The summed E-state index contributed by atoms with van der Waals surface area (Å²) in [7, 11) is 2.03. The molecule has 1 saturated carbocycles. The molecule has 0 amide bonds. The zero-order valence-electron chi connectivity index (χ0n) is 14.8. The van der Waals surface area contributed by atoms with Crippen molar-refractivity contribution in [2.45, 2.75) is 37.6 Å². The Labute approximate surface area is 150 Å². The number of nitrogens with one attached hydrogen (secondary N) is 2. The monoisotopic (exact) mass is 342 g/mol. The standard InChI is InChI=1S/C21H27ClN2/c1-6-21(4)18(22)11-15(13(2)3)19(20(21)23-5)16-12-24-17-10-8-7-9-14(16)17/h6-10,12,15,18-20,23-24H,1-2,11H2,3-5H3. The zero-order chi connectivity index (χ0) is 17.5. The van der Waals surface area contributed by atoms with E-state index < -0.39 is 0 Å². The Hall–Kier alpha value is -1.51. The van der Waals surface area contributed by atoms with Crippen LogP contribution in [0.15, 0.2) is 55.3 Å². The van der Waals surface area contributed by atoms with Crippen molar-refractivity contribution in [3.05, 3.63) is 60.8 Å². The van der Waals surface area contributed by atoms with Gasteiger partial charge in [-0.3, -0.25) is 0 Å². The van der Waals surface area contributed by atoms with Crippen molar-refractivity contribution in [3.63, 3.8) is 0 Å². The lowest BCUT2D eigenvalue weighted by atomic mass is 9.59. The van der Waals surface area contributed by atoms with E-state index in [1.54, 1.807) is 0 Å². The fourth-order valence-electron chi connectivity index (χ4n) is 4.46. The highest BCUT2D eigenvalue weighted by Gasteiger charge is 2.50. The first-order valence-corrected chi connectivity index (χ1v) is 9.04. The van der Waals surface area contributed by atoms with E-state index in [4.69, 9.17) is 11.6 Å². The lowest BCUT2D eigenvalue weighted by Crippen LogP contribution is -2.55. The third kappa shape index (κ3) is 2.53. The summed E-state index contributed by atoms with van der Waals surface area (Å²) in [5.41, 5.74) is 3.54. The van der Waals surface area contributed by atoms with Crippen LogP contribution in [0.2, 0.25) is 0 Å². The fourth-order valence-corrected chi connectivity index (χ4v) is 4.87. The van der Waals surface area contributed by atoms with E-state index in [2.05, 4.69) is 67.8 Å². The summed E-state index contributed by atoms with van der Waals surface area (Å²) in [6, 6.07) is 8.69. The molecule has 128 valence electrons. The number of alkyl halides is 1. The maximum atomic E-state index is 6.82. The van der Waals surface area contributed by atoms with Crippen molar-refractivity contribution >= 4 is 22.5 Å². The Morgan fingerprint density at radius 1 is 1.42 bits per heavy atom. The van der Waals surface area contributed by atoms with Crippen molar-refractivity contribution in [2.24, 2.45) is 11.3 Å². The molecule has 2 N–H and O–H groups in total. The number of para-hydroxylation sites is 1. The number of benzene rings is 1. The normalized spacial score (nSPS) is 33.5. The number of fused-ring (bicyclic) bond motifs is 1. The SMILES string of the molecule is C=CC1(C)C(Cl)CC(C(=C)C)C(c2c[nH]c3ccccc23)C1NC. The van der Waals surface area contributed by atoms with Crippen LogP contribution in [0.5, 0.6) is 0 Å². The molecule has 0 spiro atoms. The molecule has 0 radical (unpaired) electrons. The second kappa shape index (κ2) is 6.42. The molecule has 1 aromatic heterocycles. The van der Waals surface area contributed by atoms with Crippen LogP contribution >= 0.6 is 11.6 Å². The lowest BCUT2D eigenvalue weighted by molar-refractivity contribution is 0.153. The van der Waals surface area contributed by atoms with Gasteiger partial charge in [-0.25, -0.2) is 0 Å². The highest BCUT2D eigenvalue weighted by atomic mass is 35.5. The van der Waals surface area contributed by atoms with Gasteiger partial charge < -0.3 is 10.3 Å². The van der Waals surface area contributed by atoms with Gasteiger partial charge in [0.25, 0.3) is 0 Å². The van der Waals surface area contributed by atoms with Gasteiger partial charge >= 0.3 is 0 Å². The van der Waals surface area contributed by atoms with Gasteiger partial charge in [0.15, 0.2) is 0 Å². The third-order valence-corrected chi connectivity index (χ3v) is 6.61. The molecule has 0 saturated heterocycles. The minimum atomic E-state index is -0.175. The molecule has 1 heterocycles. The molecule has 5 atom stereocenters. The van der Waals surface area contributed by atoms with Crippen LogP contribution in [-0.2, 0) is 0 Å². The number of H-pyrrole nitrogens is 1. The summed E-state index contributed by atoms with van der Waals surface area (Å²) in [6.45, 7) is 12.7. The first-order chi connectivity index (χ1) is 11.4. The van der Waals surface area contributed by atoms with Crippen molar-refractivity contribution in [3.8, 4) is 0 Å². The molecular weight excluding hydrogens is 316 g/mol. The molecule has 1 aliphatic carbocycles. The molecule has 0 aliphatic heterocycles. The molecule has 0 bridgehead atoms. The van der Waals surface area contributed by atoms with Crippen LogP contribution < -0.4 is 5.32 Å². The van der Waals surface area contributed by atoms with Gasteiger partial charge in [0.2, 0.25) is 0 Å².